The Kier molecular flexibility index (Phi) is 3.61. The van der Waals surface area contributed by atoms with E-state index in [9.17, 15) is 9.59 Å². The predicted octanol–water partition coefficient (Wildman–Crippen LogP) is 0.471. The second-order valence-corrected chi connectivity index (χ2v) is 4.41. The maximum atomic E-state index is 11.7. The van der Waals surface area contributed by atoms with Crippen molar-refractivity contribution in [1.29, 1.82) is 0 Å². The van der Waals surface area contributed by atoms with Crippen LogP contribution in [0.4, 0.5) is 5.88 Å². The summed E-state index contributed by atoms with van der Waals surface area (Å²) in [6.45, 7) is 1.68. The van der Waals surface area contributed by atoms with Gasteiger partial charge in [0, 0.05) is 12.1 Å². The zero-order chi connectivity index (χ0) is 13.1. The van der Waals surface area contributed by atoms with Crippen molar-refractivity contribution in [2.24, 2.45) is 0 Å². The molecule has 98 valence electrons. The highest BCUT2D eigenvalue weighted by molar-refractivity contribution is 5.91. The van der Waals surface area contributed by atoms with Crippen LogP contribution in [0.25, 0.3) is 0 Å². The maximum Gasteiger partial charge on any atom is 0.317 e. The summed E-state index contributed by atoms with van der Waals surface area (Å²) in [5.41, 5.74) is 0.676. The Balaban J connectivity index is 1.86. The molecule has 18 heavy (non-hydrogen) atoms. The average Bonchev–Trinajstić information content (AvgIpc) is 3.02. The van der Waals surface area contributed by atoms with Crippen molar-refractivity contribution in [2.75, 3.05) is 18.4 Å². The number of nitrogens with zero attached hydrogens (tertiary/aromatic N) is 2. The van der Waals surface area contributed by atoms with E-state index in [2.05, 4.69) is 10.5 Å². The van der Waals surface area contributed by atoms with Crippen LogP contribution in [0, 0.1) is 6.92 Å². The molecule has 1 amide bonds. The number of hydrogen-bond donors (Lipinski definition) is 2. The first-order chi connectivity index (χ1) is 8.54. The molecule has 1 aromatic heterocycles. The fourth-order valence-corrected chi connectivity index (χ4v) is 1.71. The number of carboxylic acids is 1. The number of carbonyl (C=O) groups excluding carboxylic acids is 1. The molecule has 0 spiro atoms. The number of carboxylic acid groups (broad SMARTS) is 1. The molecule has 0 radical (unpaired) electrons. The normalized spacial score (nSPS) is 14.8. The van der Waals surface area contributed by atoms with Crippen molar-refractivity contribution in [2.45, 2.75) is 25.8 Å². The molecule has 7 nitrogen and oxygen atoms in total. The van der Waals surface area contributed by atoms with Crippen LogP contribution in [-0.2, 0) is 9.59 Å². The number of aliphatic carboxylic acids is 1. The SMILES string of the molecule is Cc1cc(NC(=O)CN(CC(=O)O)C2CC2)on1. The van der Waals surface area contributed by atoms with Gasteiger partial charge < -0.3 is 9.63 Å². The van der Waals surface area contributed by atoms with E-state index in [0.717, 1.165) is 12.8 Å². The van der Waals surface area contributed by atoms with Gasteiger partial charge in [0.15, 0.2) is 0 Å². The Morgan fingerprint density at radius 2 is 2.28 bits per heavy atom. The molecule has 0 unspecified atom stereocenters. The Hall–Kier alpha value is -1.89. The summed E-state index contributed by atoms with van der Waals surface area (Å²) >= 11 is 0. The molecule has 0 saturated heterocycles. The quantitative estimate of drug-likeness (QED) is 0.765. The van der Waals surface area contributed by atoms with E-state index in [1.165, 1.54) is 0 Å². The summed E-state index contributed by atoms with van der Waals surface area (Å²) in [6.07, 6.45) is 1.89. The molecule has 0 atom stereocenters. The molecule has 7 heteroatoms. The molecule has 0 bridgehead atoms. The molecule has 0 aromatic carbocycles. The van der Waals surface area contributed by atoms with Gasteiger partial charge in [-0.2, -0.15) is 0 Å². The third-order valence-electron chi connectivity index (χ3n) is 2.64. The summed E-state index contributed by atoms with van der Waals surface area (Å²) in [5, 5.41) is 15.0. The van der Waals surface area contributed by atoms with Crippen LogP contribution in [0.15, 0.2) is 10.6 Å². The third-order valence-corrected chi connectivity index (χ3v) is 2.64. The second-order valence-electron chi connectivity index (χ2n) is 4.41. The maximum absolute atomic E-state index is 11.7. The van der Waals surface area contributed by atoms with Gasteiger partial charge in [-0.15, -0.1) is 0 Å². The number of carbonyl (C=O) groups is 2. The minimum Gasteiger partial charge on any atom is -0.480 e. The molecule has 1 saturated carbocycles. The summed E-state index contributed by atoms with van der Waals surface area (Å²) in [5.74, 6) is -0.937. The van der Waals surface area contributed by atoms with Gasteiger partial charge in [0.25, 0.3) is 0 Å². The molecule has 1 fully saturated rings. The number of anilines is 1. The van der Waals surface area contributed by atoms with Gasteiger partial charge >= 0.3 is 5.97 Å². The minimum atomic E-state index is -0.926. The fourth-order valence-electron chi connectivity index (χ4n) is 1.71. The molecule has 1 heterocycles. The monoisotopic (exact) mass is 253 g/mol. The fraction of sp³-hybridized carbons (Fsp3) is 0.545. The van der Waals surface area contributed by atoms with Gasteiger partial charge in [-0.1, -0.05) is 5.16 Å². The first-order valence-electron chi connectivity index (χ1n) is 5.73. The van der Waals surface area contributed by atoms with Crippen LogP contribution in [-0.4, -0.2) is 46.2 Å². The van der Waals surface area contributed by atoms with Crippen LogP contribution >= 0.6 is 0 Å². The van der Waals surface area contributed by atoms with Crippen LogP contribution in [0.5, 0.6) is 0 Å². The number of aryl methyl sites for hydroxylation is 1. The Morgan fingerprint density at radius 3 is 2.78 bits per heavy atom. The van der Waals surface area contributed by atoms with Gasteiger partial charge in [-0.25, -0.2) is 0 Å². The van der Waals surface area contributed by atoms with Crippen molar-refractivity contribution < 1.29 is 19.2 Å². The lowest BCUT2D eigenvalue weighted by Gasteiger charge is -2.18. The van der Waals surface area contributed by atoms with E-state index < -0.39 is 5.97 Å². The Morgan fingerprint density at radius 1 is 1.56 bits per heavy atom. The van der Waals surface area contributed by atoms with Gasteiger partial charge in [0.05, 0.1) is 18.8 Å². The van der Waals surface area contributed by atoms with Crippen LogP contribution < -0.4 is 5.32 Å². The molecule has 1 aliphatic carbocycles. The molecule has 0 aliphatic heterocycles. The van der Waals surface area contributed by atoms with Gasteiger partial charge in [0.1, 0.15) is 0 Å². The lowest BCUT2D eigenvalue weighted by molar-refractivity contribution is -0.138. The lowest BCUT2D eigenvalue weighted by Crippen LogP contribution is -2.38. The van der Waals surface area contributed by atoms with E-state index in [1.54, 1.807) is 17.9 Å². The zero-order valence-corrected chi connectivity index (χ0v) is 10.0. The van der Waals surface area contributed by atoms with Crippen LogP contribution in [0.3, 0.4) is 0 Å². The van der Waals surface area contributed by atoms with E-state index in [0.29, 0.717) is 5.69 Å². The standard InChI is InChI=1S/C11H15N3O4/c1-7-4-10(18-13-7)12-9(15)5-14(6-11(16)17)8-2-3-8/h4,8H,2-3,5-6H2,1H3,(H,12,15)(H,16,17). The Labute approximate surface area is 104 Å². The van der Waals surface area contributed by atoms with Crippen LogP contribution in [0.1, 0.15) is 18.5 Å². The number of nitrogens with one attached hydrogen (secondary N) is 1. The summed E-state index contributed by atoms with van der Waals surface area (Å²) in [4.78, 5) is 24.0. The number of amides is 1. The largest absolute Gasteiger partial charge is 0.480 e. The zero-order valence-electron chi connectivity index (χ0n) is 10.0. The van der Waals surface area contributed by atoms with Crippen molar-refractivity contribution in [3.8, 4) is 0 Å². The van der Waals surface area contributed by atoms with Gasteiger partial charge in [0.2, 0.25) is 11.8 Å². The molecule has 1 aromatic rings. The van der Waals surface area contributed by atoms with E-state index >= 15 is 0 Å². The lowest BCUT2D eigenvalue weighted by atomic mass is 10.4. The third kappa shape index (κ3) is 3.56. The first kappa shape index (κ1) is 12.6. The number of hydrogen-bond acceptors (Lipinski definition) is 5. The number of aromatic nitrogens is 1. The van der Waals surface area contributed by atoms with E-state index in [1.807, 2.05) is 0 Å². The minimum absolute atomic E-state index is 0.0523. The van der Waals surface area contributed by atoms with Gasteiger partial charge in [-0.3, -0.25) is 19.8 Å². The smallest absolute Gasteiger partial charge is 0.317 e. The highest BCUT2D eigenvalue weighted by atomic mass is 16.5. The van der Waals surface area contributed by atoms with Crippen molar-refractivity contribution in [1.82, 2.24) is 10.1 Å². The molecular weight excluding hydrogens is 238 g/mol. The molecule has 2 N–H and O–H groups in total. The van der Waals surface area contributed by atoms with E-state index in [-0.39, 0.29) is 30.9 Å². The predicted molar refractivity (Wildman–Crippen MR) is 62.1 cm³/mol. The van der Waals surface area contributed by atoms with E-state index in [4.69, 9.17) is 9.63 Å². The van der Waals surface area contributed by atoms with Crippen molar-refractivity contribution >= 4 is 17.8 Å². The Bertz CT molecular complexity index is 453. The number of rotatable bonds is 6. The van der Waals surface area contributed by atoms with Crippen molar-refractivity contribution in [3.63, 3.8) is 0 Å². The first-order valence-corrected chi connectivity index (χ1v) is 5.73. The van der Waals surface area contributed by atoms with Gasteiger partial charge in [-0.05, 0) is 19.8 Å². The second kappa shape index (κ2) is 5.18. The topological polar surface area (TPSA) is 95.7 Å². The molecule has 1 aliphatic rings. The summed E-state index contributed by atoms with van der Waals surface area (Å²) < 4.78 is 4.86. The van der Waals surface area contributed by atoms with Crippen molar-refractivity contribution in [3.05, 3.63) is 11.8 Å². The molecule has 2 rings (SSSR count). The van der Waals surface area contributed by atoms with Crippen LogP contribution in [0.2, 0.25) is 0 Å². The highest BCUT2D eigenvalue weighted by Crippen LogP contribution is 2.26. The highest BCUT2D eigenvalue weighted by Gasteiger charge is 2.31. The average molecular weight is 253 g/mol. The summed E-state index contributed by atoms with van der Waals surface area (Å²) in [7, 11) is 0. The molecular formula is C11H15N3O4. The summed E-state index contributed by atoms with van der Waals surface area (Å²) in [6, 6.07) is 1.82.